The van der Waals surface area contributed by atoms with Crippen LogP contribution in [0, 0.1) is 0 Å². The van der Waals surface area contributed by atoms with Crippen molar-refractivity contribution >= 4 is 11.8 Å². The third kappa shape index (κ3) is 5.16. The number of ether oxygens (including phenoxy) is 1. The number of methoxy groups -OCH3 is 1. The molecule has 0 spiro atoms. The van der Waals surface area contributed by atoms with Crippen molar-refractivity contribution in [2.75, 3.05) is 7.11 Å². The predicted molar refractivity (Wildman–Crippen MR) is 80.0 cm³/mol. The van der Waals surface area contributed by atoms with E-state index in [1.807, 2.05) is 24.3 Å². The number of rotatable bonds is 6. The molecule has 3 heteroatoms. The van der Waals surface area contributed by atoms with E-state index in [2.05, 4.69) is 25.5 Å². The number of carbonyl (C=O) groups excluding carboxylic acids is 2. The number of carbonyl (C=O) groups is 2. The highest BCUT2D eigenvalue weighted by Crippen LogP contribution is 2.22. The first-order valence-electron chi connectivity index (χ1n) is 7.05. The molecular weight excluding hydrogens is 252 g/mol. The van der Waals surface area contributed by atoms with Crippen molar-refractivity contribution in [2.24, 2.45) is 0 Å². The van der Waals surface area contributed by atoms with Gasteiger partial charge >= 0.3 is 5.97 Å². The van der Waals surface area contributed by atoms with Crippen LogP contribution in [0.4, 0.5) is 0 Å². The summed E-state index contributed by atoms with van der Waals surface area (Å²) in [5, 5.41) is 0. The fraction of sp³-hybridized carbons (Fsp3) is 0.529. The minimum absolute atomic E-state index is 0.0993. The number of hydrogen-bond acceptors (Lipinski definition) is 3. The number of esters is 1. The van der Waals surface area contributed by atoms with Gasteiger partial charge in [0.05, 0.1) is 7.11 Å². The van der Waals surface area contributed by atoms with Gasteiger partial charge in [-0.3, -0.25) is 9.59 Å². The van der Waals surface area contributed by atoms with Gasteiger partial charge in [-0.15, -0.1) is 0 Å². The maximum Gasteiger partial charge on any atom is 0.305 e. The van der Waals surface area contributed by atoms with Gasteiger partial charge in [-0.2, -0.15) is 0 Å². The number of ketones is 1. The molecular formula is C17H24O3. The molecule has 0 N–H and O–H groups in total. The molecule has 1 rings (SSSR count). The summed E-state index contributed by atoms with van der Waals surface area (Å²) in [6.07, 6.45) is 2.27. The third-order valence-corrected chi connectivity index (χ3v) is 3.34. The molecule has 110 valence electrons. The number of benzene rings is 1. The van der Waals surface area contributed by atoms with Crippen LogP contribution >= 0.6 is 0 Å². The number of hydrogen-bond donors (Lipinski definition) is 0. The Morgan fingerprint density at radius 2 is 1.55 bits per heavy atom. The van der Waals surface area contributed by atoms with E-state index in [1.165, 1.54) is 12.7 Å². The zero-order valence-electron chi connectivity index (χ0n) is 12.9. The van der Waals surface area contributed by atoms with E-state index < -0.39 is 0 Å². The molecule has 1 aromatic rings. The highest BCUT2D eigenvalue weighted by atomic mass is 16.5. The normalized spacial score (nSPS) is 11.2. The van der Waals surface area contributed by atoms with Crippen LogP contribution in [0.15, 0.2) is 24.3 Å². The Balaban J connectivity index is 2.46. The Labute approximate surface area is 121 Å². The molecule has 0 bridgehead atoms. The summed E-state index contributed by atoms with van der Waals surface area (Å²) in [6, 6.07) is 7.82. The van der Waals surface area contributed by atoms with Gasteiger partial charge in [0.1, 0.15) is 0 Å². The number of Topliss-reactive ketones (excluding diaryl/α,β-unsaturated/α-hetero) is 1. The second kappa shape index (κ2) is 7.22. The second-order valence-electron chi connectivity index (χ2n) is 6.03. The summed E-state index contributed by atoms with van der Waals surface area (Å²) in [6.45, 7) is 6.45. The van der Waals surface area contributed by atoms with Crippen LogP contribution in [0.2, 0.25) is 0 Å². The monoisotopic (exact) mass is 276 g/mol. The largest absolute Gasteiger partial charge is 0.469 e. The molecule has 0 aromatic heterocycles. The van der Waals surface area contributed by atoms with Crippen LogP contribution in [0.1, 0.15) is 62.4 Å². The van der Waals surface area contributed by atoms with Crippen molar-refractivity contribution in [3.8, 4) is 0 Å². The highest BCUT2D eigenvalue weighted by molar-refractivity contribution is 5.96. The minimum atomic E-state index is -0.216. The third-order valence-electron chi connectivity index (χ3n) is 3.34. The Morgan fingerprint density at radius 1 is 1.00 bits per heavy atom. The smallest absolute Gasteiger partial charge is 0.305 e. The maximum atomic E-state index is 12.0. The fourth-order valence-electron chi connectivity index (χ4n) is 1.96. The average molecular weight is 276 g/mol. The van der Waals surface area contributed by atoms with Crippen LogP contribution in [0.5, 0.6) is 0 Å². The molecule has 0 saturated heterocycles. The molecule has 0 radical (unpaired) electrons. The molecule has 0 aliphatic carbocycles. The first-order valence-corrected chi connectivity index (χ1v) is 7.05. The lowest BCUT2D eigenvalue weighted by Crippen LogP contribution is -2.11. The SMILES string of the molecule is COC(=O)CCCCC(=O)c1ccc(C(C)(C)C)cc1. The maximum absolute atomic E-state index is 12.0. The lowest BCUT2D eigenvalue weighted by atomic mass is 9.86. The minimum Gasteiger partial charge on any atom is -0.469 e. The van der Waals surface area contributed by atoms with Gasteiger partial charge in [0.25, 0.3) is 0 Å². The van der Waals surface area contributed by atoms with Crippen molar-refractivity contribution < 1.29 is 14.3 Å². The average Bonchev–Trinajstić information content (AvgIpc) is 2.42. The van der Waals surface area contributed by atoms with E-state index in [0.717, 1.165) is 12.0 Å². The topological polar surface area (TPSA) is 43.4 Å². The van der Waals surface area contributed by atoms with Crippen molar-refractivity contribution in [3.63, 3.8) is 0 Å². The molecule has 0 aliphatic rings. The van der Waals surface area contributed by atoms with Crippen molar-refractivity contribution in [1.29, 1.82) is 0 Å². The van der Waals surface area contributed by atoms with E-state index in [9.17, 15) is 9.59 Å². The molecule has 1 aromatic carbocycles. The lowest BCUT2D eigenvalue weighted by molar-refractivity contribution is -0.140. The molecule has 20 heavy (non-hydrogen) atoms. The van der Waals surface area contributed by atoms with Crippen LogP contribution in [-0.4, -0.2) is 18.9 Å². The Hall–Kier alpha value is -1.64. The summed E-state index contributed by atoms with van der Waals surface area (Å²) in [7, 11) is 1.38. The van der Waals surface area contributed by atoms with Gasteiger partial charge < -0.3 is 4.74 Å². The first-order chi connectivity index (χ1) is 9.34. The van der Waals surface area contributed by atoms with Crippen molar-refractivity contribution in [3.05, 3.63) is 35.4 Å². The van der Waals surface area contributed by atoms with E-state index in [1.54, 1.807) is 0 Å². The van der Waals surface area contributed by atoms with E-state index in [-0.39, 0.29) is 17.2 Å². The summed E-state index contributed by atoms with van der Waals surface area (Å²) < 4.78 is 4.56. The second-order valence-corrected chi connectivity index (χ2v) is 6.03. The zero-order chi connectivity index (χ0) is 15.2. The standard InChI is InChI=1S/C17H24O3/c1-17(2,3)14-11-9-13(10-12-14)15(18)7-5-6-8-16(19)20-4/h9-12H,5-8H2,1-4H3. The molecule has 0 saturated carbocycles. The van der Waals surface area contributed by atoms with E-state index in [4.69, 9.17) is 0 Å². The molecule has 3 nitrogen and oxygen atoms in total. The molecule has 0 heterocycles. The summed E-state index contributed by atoms with van der Waals surface area (Å²) in [5.41, 5.74) is 2.07. The Bertz CT molecular complexity index is 452. The molecule has 0 unspecified atom stereocenters. The lowest BCUT2D eigenvalue weighted by Gasteiger charge is -2.18. The van der Waals surface area contributed by atoms with Crippen LogP contribution in [0.3, 0.4) is 0 Å². The molecule has 0 amide bonds. The quantitative estimate of drug-likeness (QED) is 0.449. The zero-order valence-corrected chi connectivity index (χ0v) is 12.9. The van der Waals surface area contributed by atoms with Gasteiger partial charge in [-0.1, -0.05) is 45.0 Å². The van der Waals surface area contributed by atoms with Crippen LogP contribution in [0.25, 0.3) is 0 Å². The van der Waals surface area contributed by atoms with E-state index >= 15 is 0 Å². The molecule has 0 fully saturated rings. The summed E-state index contributed by atoms with van der Waals surface area (Å²) in [5.74, 6) is -0.0812. The summed E-state index contributed by atoms with van der Waals surface area (Å²) >= 11 is 0. The fourth-order valence-corrected chi connectivity index (χ4v) is 1.96. The Kier molecular flexibility index (Phi) is 5.93. The van der Waals surface area contributed by atoms with Crippen LogP contribution in [-0.2, 0) is 14.9 Å². The van der Waals surface area contributed by atoms with Crippen molar-refractivity contribution in [2.45, 2.75) is 51.9 Å². The van der Waals surface area contributed by atoms with Crippen LogP contribution < -0.4 is 0 Å². The summed E-state index contributed by atoms with van der Waals surface area (Å²) in [4.78, 5) is 23.0. The predicted octanol–water partition coefficient (Wildman–Crippen LogP) is 3.90. The van der Waals surface area contributed by atoms with Crippen molar-refractivity contribution in [1.82, 2.24) is 0 Å². The first kappa shape index (κ1) is 16.4. The van der Waals surface area contributed by atoms with Gasteiger partial charge in [-0.05, 0) is 23.8 Å². The van der Waals surface area contributed by atoms with Gasteiger partial charge in [-0.25, -0.2) is 0 Å². The Morgan fingerprint density at radius 3 is 2.05 bits per heavy atom. The highest BCUT2D eigenvalue weighted by Gasteiger charge is 2.14. The van der Waals surface area contributed by atoms with Gasteiger partial charge in [0.15, 0.2) is 5.78 Å². The van der Waals surface area contributed by atoms with E-state index in [0.29, 0.717) is 19.3 Å². The molecule has 0 atom stereocenters. The van der Waals surface area contributed by atoms with Gasteiger partial charge in [0, 0.05) is 18.4 Å². The number of unbranched alkanes of at least 4 members (excludes halogenated alkanes) is 1. The molecule has 0 aliphatic heterocycles. The van der Waals surface area contributed by atoms with Gasteiger partial charge in [0.2, 0.25) is 0 Å².